The molecule has 2 aromatic carbocycles. The van der Waals surface area contributed by atoms with Gasteiger partial charge in [-0.3, -0.25) is 14.7 Å². The number of benzene rings is 2. The van der Waals surface area contributed by atoms with E-state index in [2.05, 4.69) is 10.4 Å². The zero-order chi connectivity index (χ0) is 16.2. The predicted molar refractivity (Wildman–Crippen MR) is 92.0 cm³/mol. The number of nitrogens with one attached hydrogen (secondary N) is 1. The van der Waals surface area contributed by atoms with Crippen molar-refractivity contribution in [1.29, 1.82) is 0 Å². The number of aromatic nitrogens is 3. The third-order valence-electron chi connectivity index (χ3n) is 3.45. The van der Waals surface area contributed by atoms with E-state index >= 15 is 0 Å². The van der Waals surface area contributed by atoms with Crippen molar-refractivity contribution in [2.75, 3.05) is 5.32 Å². The SMILES string of the molecule is Cn1nc(NC(=O)c2ccccc2)n(Cc2ccccc2)c1=S. The first-order valence-electron chi connectivity index (χ1n) is 7.19. The molecule has 1 amide bonds. The summed E-state index contributed by atoms with van der Waals surface area (Å²) >= 11 is 5.39. The van der Waals surface area contributed by atoms with E-state index < -0.39 is 0 Å². The van der Waals surface area contributed by atoms with Crippen LogP contribution in [0.2, 0.25) is 0 Å². The highest BCUT2D eigenvalue weighted by molar-refractivity contribution is 7.71. The molecule has 0 aliphatic carbocycles. The lowest BCUT2D eigenvalue weighted by Crippen LogP contribution is -2.16. The zero-order valence-electron chi connectivity index (χ0n) is 12.6. The van der Waals surface area contributed by atoms with E-state index in [1.165, 1.54) is 0 Å². The molecular weight excluding hydrogens is 308 g/mol. The van der Waals surface area contributed by atoms with Gasteiger partial charge in [0.25, 0.3) is 5.91 Å². The third-order valence-corrected chi connectivity index (χ3v) is 3.94. The largest absolute Gasteiger partial charge is 0.291 e. The Kier molecular flexibility index (Phi) is 4.34. The van der Waals surface area contributed by atoms with E-state index in [1.54, 1.807) is 23.9 Å². The number of hydrogen-bond acceptors (Lipinski definition) is 3. The second-order valence-corrected chi connectivity index (χ2v) is 5.49. The summed E-state index contributed by atoms with van der Waals surface area (Å²) in [5.74, 6) is 0.232. The molecule has 1 N–H and O–H groups in total. The van der Waals surface area contributed by atoms with Gasteiger partial charge in [0.05, 0.1) is 6.54 Å². The second kappa shape index (κ2) is 6.58. The van der Waals surface area contributed by atoms with Crippen molar-refractivity contribution >= 4 is 24.1 Å². The van der Waals surface area contributed by atoms with Crippen molar-refractivity contribution in [3.05, 3.63) is 76.6 Å². The molecule has 116 valence electrons. The fraction of sp³-hybridized carbons (Fsp3) is 0.118. The highest BCUT2D eigenvalue weighted by Gasteiger charge is 2.13. The molecule has 0 bridgehead atoms. The molecule has 23 heavy (non-hydrogen) atoms. The van der Waals surface area contributed by atoms with Crippen LogP contribution in [0.15, 0.2) is 60.7 Å². The minimum Gasteiger partial charge on any atom is -0.291 e. The summed E-state index contributed by atoms with van der Waals surface area (Å²) in [6.45, 7) is 0.553. The maximum absolute atomic E-state index is 12.3. The van der Waals surface area contributed by atoms with Gasteiger partial charge in [0, 0.05) is 12.6 Å². The summed E-state index contributed by atoms with van der Waals surface area (Å²) < 4.78 is 3.95. The van der Waals surface area contributed by atoms with Gasteiger partial charge in [-0.25, -0.2) is 4.68 Å². The molecule has 6 heteroatoms. The molecule has 0 atom stereocenters. The number of carbonyl (C=O) groups is 1. The van der Waals surface area contributed by atoms with Gasteiger partial charge in [0.1, 0.15) is 0 Å². The van der Waals surface area contributed by atoms with Gasteiger partial charge < -0.3 is 0 Å². The summed E-state index contributed by atoms with van der Waals surface area (Å²) in [5, 5.41) is 7.15. The lowest BCUT2D eigenvalue weighted by atomic mass is 10.2. The van der Waals surface area contributed by atoms with Crippen LogP contribution in [0, 0.1) is 4.77 Å². The van der Waals surface area contributed by atoms with Gasteiger partial charge in [0.2, 0.25) is 5.95 Å². The van der Waals surface area contributed by atoms with Crippen LogP contribution >= 0.6 is 12.2 Å². The lowest BCUT2D eigenvalue weighted by Gasteiger charge is -2.08. The van der Waals surface area contributed by atoms with Gasteiger partial charge in [-0.15, -0.1) is 5.10 Å². The van der Waals surface area contributed by atoms with Crippen LogP contribution in [0.3, 0.4) is 0 Å². The van der Waals surface area contributed by atoms with E-state index in [0.29, 0.717) is 22.8 Å². The molecular formula is C17H16N4OS. The van der Waals surface area contributed by atoms with Gasteiger partial charge in [-0.1, -0.05) is 48.5 Å². The molecule has 3 rings (SSSR count). The molecule has 0 fully saturated rings. The van der Waals surface area contributed by atoms with Gasteiger partial charge in [-0.05, 0) is 29.9 Å². The molecule has 0 aliphatic heterocycles. The summed E-state index contributed by atoms with van der Waals surface area (Å²) in [6, 6.07) is 19.0. The van der Waals surface area contributed by atoms with Crippen LogP contribution in [-0.2, 0) is 13.6 Å². The highest BCUT2D eigenvalue weighted by Crippen LogP contribution is 2.12. The maximum Gasteiger partial charge on any atom is 0.258 e. The Balaban J connectivity index is 1.89. The smallest absolute Gasteiger partial charge is 0.258 e. The van der Waals surface area contributed by atoms with Crippen LogP contribution in [0.4, 0.5) is 5.95 Å². The number of carbonyl (C=O) groups excluding carboxylic acids is 1. The number of anilines is 1. The van der Waals surface area contributed by atoms with Crippen molar-refractivity contribution in [2.24, 2.45) is 7.05 Å². The van der Waals surface area contributed by atoms with Crippen molar-refractivity contribution in [2.45, 2.75) is 6.54 Å². The fourth-order valence-electron chi connectivity index (χ4n) is 2.27. The van der Waals surface area contributed by atoms with Crippen molar-refractivity contribution in [1.82, 2.24) is 14.3 Å². The van der Waals surface area contributed by atoms with Gasteiger partial charge in [-0.2, -0.15) is 0 Å². The minimum atomic E-state index is -0.208. The average molecular weight is 324 g/mol. The standard InChI is InChI=1S/C17H16N4OS/c1-20-17(23)21(12-13-8-4-2-5-9-13)16(19-20)18-15(22)14-10-6-3-7-11-14/h2-11H,12H2,1H3,(H,18,19,22). The first-order chi connectivity index (χ1) is 11.1. The van der Waals surface area contributed by atoms with E-state index in [0.717, 1.165) is 5.56 Å². The van der Waals surface area contributed by atoms with E-state index in [1.807, 2.05) is 53.1 Å². The molecule has 3 aromatic rings. The summed E-state index contributed by atoms with van der Waals surface area (Å²) in [6.07, 6.45) is 0. The first-order valence-corrected chi connectivity index (χ1v) is 7.60. The van der Waals surface area contributed by atoms with Crippen LogP contribution in [-0.4, -0.2) is 20.3 Å². The molecule has 0 saturated carbocycles. The summed E-state index contributed by atoms with van der Waals surface area (Å²) in [5.41, 5.74) is 1.67. The Hall–Kier alpha value is -2.73. The Morgan fingerprint density at radius 3 is 2.35 bits per heavy atom. The second-order valence-electron chi connectivity index (χ2n) is 5.12. The van der Waals surface area contributed by atoms with Crippen LogP contribution in [0.1, 0.15) is 15.9 Å². The monoisotopic (exact) mass is 324 g/mol. The summed E-state index contributed by atoms with van der Waals surface area (Å²) in [4.78, 5) is 12.3. The number of amides is 1. The molecule has 0 unspecified atom stereocenters. The van der Waals surface area contributed by atoms with Crippen molar-refractivity contribution < 1.29 is 4.79 Å². The molecule has 0 radical (unpaired) electrons. The number of hydrogen-bond donors (Lipinski definition) is 1. The Labute approximate surface area is 139 Å². The van der Waals surface area contributed by atoms with E-state index in [4.69, 9.17) is 12.2 Å². The van der Waals surface area contributed by atoms with E-state index in [9.17, 15) is 4.79 Å². The Morgan fingerprint density at radius 2 is 1.70 bits per heavy atom. The minimum absolute atomic E-state index is 0.208. The van der Waals surface area contributed by atoms with E-state index in [-0.39, 0.29) is 5.91 Å². The summed E-state index contributed by atoms with van der Waals surface area (Å²) in [7, 11) is 1.77. The Morgan fingerprint density at radius 1 is 1.09 bits per heavy atom. The maximum atomic E-state index is 12.3. The molecule has 1 heterocycles. The average Bonchev–Trinajstić information content (AvgIpc) is 2.84. The topological polar surface area (TPSA) is 51.9 Å². The highest BCUT2D eigenvalue weighted by atomic mass is 32.1. The van der Waals surface area contributed by atoms with Crippen LogP contribution in [0.5, 0.6) is 0 Å². The molecule has 0 aliphatic rings. The normalized spacial score (nSPS) is 10.5. The van der Waals surface area contributed by atoms with Gasteiger partial charge in [0.15, 0.2) is 4.77 Å². The fourth-order valence-corrected chi connectivity index (χ4v) is 2.46. The van der Waals surface area contributed by atoms with Crippen molar-refractivity contribution in [3.63, 3.8) is 0 Å². The first kappa shape index (κ1) is 15.2. The lowest BCUT2D eigenvalue weighted by molar-refractivity contribution is 0.102. The van der Waals surface area contributed by atoms with Crippen LogP contribution < -0.4 is 5.32 Å². The molecule has 5 nitrogen and oxygen atoms in total. The molecule has 0 saturated heterocycles. The Bertz CT molecular complexity index is 869. The molecule has 0 spiro atoms. The third kappa shape index (κ3) is 3.37. The zero-order valence-corrected chi connectivity index (χ0v) is 13.5. The van der Waals surface area contributed by atoms with Crippen molar-refractivity contribution in [3.8, 4) is 0 Å². The molecule has 1 aromatic heterocycles. The quantitative estimate of drug-likeness (QED) is 0.750. The number of aryl methyl sites for hydroxylation is 1. The van der Waals surface area contributed by atoms with Crippen LogP contribution in [0.25, 0.3) is 0 Å². The predicted octanol–water partition coefficient (Wildman–Crippen LogP) is 3.25. The number of rotatable bonds is 4. The number of nitrogens with zero attached hydrogens (tertiary/aromatic N) is 3. The van der Waals surface area contributed by atoms with Gasteiger partial charge >= 0.3 is 0 Å².